The van der Waals surface area contributed by atoms with Gasteiger partial charge in [-0.3, -0.25) is 0 Å². The van der Waals surface area contributed by atoms with Crippen LogP contribution in [0.5, 0.6) is 0 Å². The summed E-state index contributed by atoms with van der Waals surface area (Å²) in [6.45, 7) is 13.8. The Morgan fingerprint density at radius 2 is 1.14 bits per heavy atom. The second kappa shape index (κ2) is 24.3. The molecule has 24 nitrogen and oxygen atoms in total. The third-order valence-electron chi connectivity index (χ3n) is 21.0. The van der Waals surface area contributed by atoms with E-state index in [-0.39, 0.29) is 54.0 Å². The first kappa shape index (κ1) is 63.8. The van der Waals surface area contributed by atoms with Crippen LogP contribution in [0, 0.1) is 45.3 Å². The molecule has 4 aliphatic heterocycles. The third kappa shape index (κ3) is 11.4. The highest BCUT2D eigenvalue weighted by Gasteiger charge is 2.70. The van der Waals surface area contributed by atoms with Gasteiger partial charge in [0.2, 0.25) is 0 Å². The number of rotatable bonds is 18. The van der Waals surface area contributed by atoms with Crippen LogP contribution in [0.4, 0.5) is 0 Å². The lowest BCUT2D eigenvalue weighted by Gasteiger charge is -2.67. The Kier molecular flexibility index (Phi) is 19.6. The number of ether oxygens (including phenoxy) is 8. The average molecular weight is 1140 g/mol. The highest BCUT2D eigenvalue weighted by molar-refractivity contribution is 5.32. The minimum atomic E-state index is -1.93. The van der Waals surface area contributed by atoms with Crippen molar-refractivity contribution in [1.29, 1.82) is 0 Å². The van der Waals surface area contributed by atoms with Crippen LogP contribution in [0.3, 0.4) is 0 Å². The van der Waals surface area contributed by atoms with Gasteiger partial charge >= 0.3 is 0 Å². The normalized spacial score (nSPS) is 50.9. The lowest BCUT2D eigenvalue weighted by Crippen LogP contribution is -2.65. The van der Waals surface area contributed by atoms with Gasteiger partial charge in [0.05, 0.1) is 49.8 Å². The molecule has 3 saturated carbocycles. The first-order valence-corrected chi connectivity index (χ1v) is 28.5. The zero-order chi connectivity index (χ0) is 58.2. The number of allylic oxidation sites excluding steroid dienone is 1. The van der Waals surface area contributed by atoms with Crippen LogP contribution in [-0.2, 0) is 37.9 Å². The average Bonchev–Trinajstić information content (AvgIpc) is 3.83. The molecule has 4 heterocycles. The molecule has 4 saturated heterocycles. The lowest BCUT2D eigenvalue weighted by atomic mass is 9.38. The molecule has 16 N–H and O–H groups in total. The summed E-state index contributed by atoms with van der Waals surface area (Å²) >= 11 is 0. The SMILES string of the molecule is C[C@H](CC[C@@H](O[C@@H]1O[C@H](CO[C@@H]2O[C@H](CO)[C@@H](O)[C@H](O)[C@H]2O)[C@@H](O)[C@H](O)[C@H]1O[C@@H]1O[C@H](CO)[C@@H](O)[C@H](O)[C@H]1O)C(C)(C)O)[C@H]1CC[C@@]2(C)C3CC=C4[C@@H](CC[C@H](O[C@@H]5O[C@H](CCO)[C@@H](O)[C@H](O)[C@H]5O)C4(C)C)[C@]3(C)[C@H](O)C[C@]12C. The summed E-state index contributed by atoms with van der Waals surface area (Å²) in [5.41, 5.74) is -2.04. The van der Waals surface area contributed by atoms with Crippen molar-refractivity contribution in [3.8, 4) is 0 Å². The molecule has 0 aromatic heterocycles. The van der Waals surface area contributed by atoms with Crippen LogP contribution in [-0.4, -0.2) is 255 Å². The van der Waals surface area contributed by atoms with Crippen LogP contribution < -0.4 is 0 Å². The van der Waals surface area contributed by atoms with Gasteiger partial charge in [0.1, 0.15) is 91.6 Å². The fourth-order valence-electron chi connectivity index (χ4n) is 15.8. The van der Waals surface area contributed by atoms with Crippen LogP contribution in [0.1, 0.15) is 113 Å². The molecule has 0 radical (unpaired) electrons. The molecule has 0 aromatic carbocycles. The van der Waals surface area contributed by atoms with Gasteiger partial charge in [-0.15, -0.1) is 0 Å². The van der Waals surface area contributed by atoms with Gasteiger partial charge in [0.25, 0.3) is 0 Å². The van der Waals surface area contributed by atoms with Gasteiger partial charge in [-0.1, -0.05) is 53.2 Å². The summed E-state index contributed by atoms with van der Waals surface area (Å²) in [6, 6.07) is 0. The Bertz CT molecular complexity index is 2040. The molecule has 0 amide bonds. The summed E-state index contributed by atoms with van der Waals surface area (Å²) in [5.74, 6) is 0.236. The van der Waals surface area contributed by atoms with Crippen LogP contribution >= 0.6 is 0 Å². The van der Waals surface area contributed by atoms with Gasteiger partial charge in [0.15, 0.2) is 25.2 Å². The van der Waals surface area contributed by atoms with Crippen molar-refractivity contribution >= 4 is 0 Å². The molecule has 24 heteroatoms. The molecular weight excluding hydrogens is 1040 g/mol. The second-order valence-electron chi connectivity index (χ2n) is 26.2. The highest BCUT2D eigenvalue weighted by Crippen LogP contribution is 2.75. The zero-order valence-electron chi connectivity index (χ0n) is 46.8. The van der Waals surface area contributed by atoms with Crippen LogP contribution in [0.25, 0.3) is 0 Å². The van der Waals surface area contributed by atoms with Crippen molar-refractivity contribution in [3.63, 3.8) is 0 Å². The molecule has 0 aromatic rings. The lowest BCUT2D eigenvalue weighted by molar-refractivity contribution is -0.380. The number of hydrogen-bond donors (Lipinski definition) is 16. The van der Waals surface area contributed by atoms with Gasteiger partial charge in [-0.25, -0.2) is 0 Å². The molecule has 458 valence electrons. The number of aliphatic hydroxyl groups excluding tert-OH is 15. The van der Waals surface area contributed by atoms with Crippen LogP contribution in [0.2, 0.25) is 0 Å². The van der Waals surface area contributed by atoms with Crippen molar-refractivity contribution in [2.45, 2.75) is 260 Å². The number of hydrogen-bond acceptors (Lipinski definition) is 24. The molecule has 7 fully saturated rings. The van der Waals surface area contributed by atoms with Crippen molar-refractivity contribution < 1.29 is 120 Å². The van der Waals surface area contributed by atoms with Crippen molar-refractivity contribution in [1.82, 2.24) is 0 Å². The van der Waals surface area contributed by atoms with Gasteiger partial charge < -0.3 is 120 Å². The van der Waals surface area contributed by atoms with E-state index in [0.717, 1.165) is 12.8 Å². The summed E-state index contributed by atoms with van der Waals surface area (Å²) in [7, 11) is 0. The zero-order valence-corrected chi connectivity index (χ0v) is 46.8. The fraction of sp³-hybridized carbons (Fsp3) is 0.964. The molecular formula is C55H94O24. The first-order valence-electron chi connectivity index (χ1n) is 28.5. The third-order valence-corrected chi connectivity index (χ3v) is 21.0. The van der Waals surface area contributed by atoms with E-state index < -0.39 is 177 Å². The van der Waals surface area contributed by atoms with E-state index in [0.29, 0.717) is 32.1 Å². The van der Waals surface area contributed by atoms with E-state index in [1.54, 1.807) is 0 Å². The molecule has 0 bridgehead atoms. The van der Waals surface area contributed by atoms with Crippen LogP contribution in [0.15, 0.2) is 11.6 Å². The Morgan fingerprint density at radius 3 is 1.72 bits per heavy atom. The standard InChI is InChI=1S/C55H94O24/c1-23(24-15-17-53(6)31-12-10-25-26(55(31,8)32(59)19-54(24,53)7)11-14-33(51(25,2)3)77-48-44(69)39(64)35(60)27(73-48)16-18-56)9-13-34(52(4,5)71)78-50-46(79-49-45(70)41(66)37(62)29(21-58)75-49)42(67)38(63)30(76-50)22-72-47-43(68)40(65)36(61)28(20-57)74-47/h10,23-24,26-50,56-71H,9,11-22H2,1-8H3/t23-,24-,26-,27-,28-,29-,30-,31?,32-,33+,34-,35-,36-,37-,38-,39+,40+,41+,42+,43-,44-,45-,46-,47-,48+,49+,50+,53+,54-,55+/m1/s1. The monoisotopic (exact) mass is 1140 g/mol. The van der Waals surface area contributed by atoms with E-state index in [9.17, 15) is 81.7 Å². The Labute approximate surface area is 461 Å². The van der Waals surface area contributed by atoms with Crippen molar-refractivity contribution in [3.05, 3.63) is 11.6 Å². The Balaban J connectivity index is 0.985. The molecule has 8 aliphatic rings. The Hall–Kier alpha value is -1.22. The number of aliphatic hydroxyl groups is 16. The first-order chi connectivity index (χ1) is 36.9. The minimum absolute atomic E-state index is 0.00699. The summed E-state index contributed by atoms with van der Waals surface area (Å²) in [4.78, 5) is 0. The molecule has 0 spiro atoms. The molecule has 8 rings (SSSR count). The topological polar surface area (TPSA) is 398 Å². The highest BCUT2D eigenvalue weighted by atomic mass is 16.8. The van der Waals surface area contributed by atoms with Gasteiger partial charge in [0, 0.05) is 17.4 Å². The van der Waals surface area contributed by atoms with E-state index in [1.165, 1.54) is 19.4 Å². The van der Waals surface area contributed by atoms with E-state index >= 15 is 0 Å². The maximum Gasteiger partial charge on any atom is 0.187 e. The van der Waals surface area contributed by atoms with Crippen molar-refractivity contribution in [2.24, 2.45) is 45.3 Å². The molecule has 1 unspecified atom stereocenters. The predicted octanol–water partition coefficient (Wildman–Crippen LogP) is -2.84. The minimum Gasteiger partial charge on any atom is -0.396 e. The maximum atomic E-state index is 12.7. The summed E-state index contributed by atoms with van der Waals surface area (Å²) in [6.07, 6.45) is -27.1. The molecule has 79 heavy (non-hydrogen) atoms. The molecule has 4 aliphatic carbocycles. The number of fused-ring (bicyclic) bond motifs is 5. The fourth-order valence-corrected chi connectivity index (χ4v) is 15.8. The van der Waals surface area contributed by atoms with E-state index in [4.69, 9.17) is 37.9 Å². The second-order valence-corrected chi connectivity index (χ2v) is 26.2. The summed E-state index contributed by atoms with van der Waals surface area (Å²) in [5, 5.41) is 172. The maximum absolute atomic E-state index is 12.7. The largest absolute Gasteiger partial charge is 0.396 e. The predicted molar refractivity (Wildman–Crippen MR) is 272 cm³/mol. The van der Waals surface area contributed by atoms with E-state index in [2.05, 4.69) is 47.6 Å². The van der Waals surface area contributed by atoms with Crippen molar-refractivity contribution in [2.75, 3.05) is 26.4 Å². The quantitative estimate of drug-likeness (QED) is 0.0615. The van der Waals surface area contributed by atoms with Gasteiger partial charge in [-0.2, -0.15) is 0 Å². The Morgan fingerprint density at radius 1 is 0.608 bits per heavy atom. The van der Waals surface area contributed by atoms with Gasteiger partial charge in [-0.05, 0) is 106 Å². The summed E-state index contributed by atoms with van der Waals surface area (Å²) < 4.78 is 48.0. The smallest absolute Gasteiger partial charge is 0.187 e. The van der Waals surface area contributed by atoms with E-state index in [1.807, 2.05) is 0 Å². The molecule has 30 atom stereocenters.